The van der Waals surface area contributed by atoms with Gasteiger partial charge in [-0.2, -0.15) is 0 Å². The van der Waals surface area contributed by atoms with Gasteiger partial charge in [-0.15, -0.1) is 0 Å². The van der Waals surface area contributed by atoms with Crippen molar-refractivity contribution in [3.05, 3.63) is 30.5 Å². The van der Waals surface area contributed by atoms with Gasteiger partial charge < -0.3 is 5.32 Å². The van der Waals surface area contributed by atoms with E-state index in [2.05, 4.69) is 15.3 Å². The first kappa shape index (κ1) is 12.8. The fourth-order valence-electron chi connectivity index (χ4n) is 1.59. The molecule has 96 valence electrons. The summed E-state index contributed by atoms with van der Waals surface area (Å²) < 4.78 is 21.9. The van der Waals surface area contributed by atoms with Crippen molar-refractivity contribution in [2.75, 3.05) is 23.9 Å². The predicted molar refractivity (Wildman–Crippen MR) is 72.4 cm³/mol. The smallest absolute Gasteiger partial charge is 0.223 e. The summed E-state index contributed by atoms with van der Waals surface area (Å²) in [5, 5.41) is 4.01. The summed E-state index contributed by atoms with van der Waals surface area (Å²) in [7, 11) is -2.89. The minimum atomic E-state index is -2.89. The summed E-state index contributed by atoms with van der Waals surface area (Å²) in [5.41, 5.74) is 0.873. The van der Waals surface area contributed by atoms with E-state index in [1.807, 2.05) is 24.3 Å². The zero-order valence-electron chi connectivity index (χ0n) is 10.1. The fraction of sp³-hybridized carbons (Fsp3) is 0.333. The molecule has 0 aliphatic carbocycles. The number of anilines is 1. The van der Waals surface area contributed by atoms with Crippen LogP contribution in [0.5, 0.6) is 0 Å². The molecule has 0 atom stereocenters. The van der Waals surface area contributed by atoms with Crippen molar-refractivity contribution in [3.63, 3.8) is 0 Å². The second-order valence-electron chi connectivity index (χ2n) is 4.16. The summed E-state index contributed by atoms with van der Waals surface area (Å²) in [5.74, 6) is 0.704. The van der Waals surface area contributed by atoms with Gasteiger partial charge in [0.2, 0.25) is 5.95 Å². The van der Waals surface area contributed by atoms with Gasteiger partial charge in [0.25, 0.3) is 0 Å². The molecule has 0 amide bonds. The molecule has 0 fully saturated rings. The summed E-state index contributed by atoms with van der Waals surface area (Å²) in [6.45, 7) is 0.547. The van der Waals surface area contributed by atoms with Gasteiger partial charge in [0.15, 0.2) is 0 Å². The largest absolute Gasteiger partial charge is 0.354 e. The van der Waals surface area contributed by atoms with Crippen LogP contribution in [0.2, 0.25) is 0 Å². The van der Waals surface area contributed by atoms with Crippen molar-refractivity contribution in [3.8, 4) is 0 Å². The van der Waals surface area contributed by atoms with Gasteiger partial charge in [0.1, 0.15) is 9.84 Å². The van der Waals surface area contributed by atoms with Crippen LogP contribution in [0.1, 0.15) is 6.42 Å². The number of fused-ring (bicyclic) bond motifs is 1. The minimum Gasteiger partial charge on any atom is -0.354 e. The molecule has 1 N–H and O–H groups in total. The Balaban J connectivity index is 1.96. The third kappa shape index (κ3) is 3.66. The topological polar surface area (TPSA) is 72.0 Å². The number of benzene rings is 1. The molecule has 6 heteroatoms. The van der Waals surface area contributed by atoms with E-state index in [0.717, 1.165) is 10.9 Å². The first-order valence-electron chi connectivity index (χ1n) is 5.68. The third-order valence-electron chi connectivity index (χ3n) is 2.46. The molecule has 0 unspecified atom stereocenters. The van der Waals surface area contributed by atoms with E-state index in [1.165, 1.54) is 6.26 Å². The fourth-order valence-corrected chi connectivity index (χ4v) is 2.26. The Bertz CT molecular complexity index is 641. The molecule has 2 aromatic rings. The van der Waals surface area contributed by atoms with Crippen molar-refractivity contribution in [1.29, 1.82) is 0 Å². The average molecular weight is 265 g/mol. The first-order valence-corrected chi connectivity index (χ1v) is 7.74. The van der Waals surface area contributed by atoms with Crippen LogP contribution in [-0.2, 0) is 9.84 Å². The molecule has 0 saturated heterocycles. The van der Waals surface area contributed by atoms with Crippen LogP contribution >= 0.6 is 0 Å². The Kier molecular flexibility index (Phi) is 3.76. The van der Waals surface area contributed by atoms with Gasteiger partial charge in [0, 0.05) is 24.4 Å². The standard InChI is InChI=1S/C12H15N3O2S/c1-18(16,17)8-4-7-13-12-14-9-10-5-2-3-6-11(10)15-12/h2-3,5-6,9H,4,7-8H2,1H3,(H,13,14,15). The highest BCUT2D eigenvalue weighted by atomic mass is 32.2. The number of para-hydroxylation sites is 1. The zero-order valence-corrected chi connectivity index (χ0v) is 10.9. The Hall–Kier alpha value is -1.69. The van der Waals surface area contributed by atoms with Crippen LogP contribution < -0.4 is 5.32 Å². The van der Waals surface area contributed by atoms with Crippen LogP contribution in [0.15, 0.2) is 30.5 Å². The molecule has 0 aliphatic heterocycles. The number of hydrogen-bond acceptors (Lipinski definition) is 5. The highest BCUT2D eigenvalue weighted by molar-refractivity contribution is 7.90. The molecular weight excluding hydrogens is 250 g/mol. The molecule has 1 aromatic heterocycles. The molecule has 18 heavy (non-hydrogen) atoms. The minimum absolute atomic E-state index is 0.174. The Morgan fingerprint density at radius 1 is 1.28 bits per heavy atom. The van der Waals surface area contributed by atoms with Gasteiger partial charge in [-0.05, 0) is 12.5 Å². The molecule has 1 aromatic carbocycles. The van der Waals surface area contributed by atoms with E-state index in [-0.39, 0.29) is 5.75 Å². The number of rotatable bonds is 5. The number of aromatic nitrogens is 2. The van der Waals surface area contributed by atoms with Crippen molar-refractivity contribution in [2.45, 2.75) is 6.42 Å². The molecule has 0 saturated carbocycles. The second kappa shape index (κ2) is 5.30. The van der Waals surface area contributed by atoms with Crippen molar-refractivity contribution in [1.82, 2.24) is 9.97 Å². The highest BCUT2D eigenvalue weighted by Crippen LogP contribution is 2.11. The summed E-state index contributed by atoms with van der Waals surface area (Å²) in [4.78, 5) is 8.51. The lowest BCUT2D eigenvalue weighted by Crippen LogP contribution is -2.11. The van der Waals surface area contributed by atoms with Gasteiger partial charge in [0.05, 0.1) is 11.3 Å². The molecule has 0 bridgehead atoms. The van der Waals surface area contributed by atoms with Crippen LogP contribution in [0, 0.1) is 0 Å². The van der Waals surface area contributed by atoms with E-state index in [4.69, 9.17) is 0 Å². The van der Waals surface area contributed by atoms with E-state index in [0.29, 0.717) is 18.9 Å². The van der Waals surface area contributed by atoms with Gasteiger partial charge >= 0.3 is 0 Å². The average Bonchev–Trinajstić information content (AvgIpc) is 2.33. The monoisotopic (exact) mass is 265 g/mol. The van der Waals surface area contributed by atoms with Crippen LogP contribution in [0.25, 0.3) is 10.9 Å². The van der Waals surface area contributed by atoms with Gasteiger partial charge in [-0.3, -0.25) is 0 Å². The lowest BCUT2D eigenvalue weighted by molar-refractivity contribution is 0.600. The molecule has 5 nitrogen and oxygen atoms in total. The van der Waals surface area contributed by atoms with Crippen molar-refractivity contribution >= 4 is 26.7 Å². The number of hydrogen-bond donors (Lipinski definition) is 1. The number of sulfone groups is 1. The van der Waals surface area contributed by atoms with Crippen molar-refractivity contribution in [2.24, 2.45) is 0 Å². The van der Waals surface area contributed by atoms with E-state index >= 15 is 0 Å². The molecule has 0 aliphatic rings. The number of nitrogens with zero attached hydrogens (tertiary/aromatic N) is 2. The second-order valence-corrected chi connectivity index (χ2v) is 6.42. The normalized spacial score (nSPS) is 11.6. The third-order valence-corrected chi connectivity index (χ3v) is 3.49. The highest BCUT2D eigenvalue weighted by Gasteiger charge is 2.02. The Labute approximate surface area is 106 Å². The van der Waals surface area contributed by atoms with Gasteiger partial charge in [-0.25, -0.2) is 18.4 Å². The van der Waals surface area contributed by atoms with Crippen LogP contribution in [0.3, 0.4) is 0 Å². The van der Waals surface area contributed by atoms with E-state index in [9.17, 15) is 8.42 Å². The maximum Gasteiger partial charge on any atom is 0.223 e. The molecule has 2 rings (SSSR count). The summed E-state index contributed by atoms with van der Waals surface area (Å²) >= 11 is 0. The van der Waals surface area contributed by atoms with Gasteiger partial charge in [-0.1, -0.05) is 18.2 Å². The Morgan fingerprint density at radius 3 is 2.83 bits per heavy atom. The maximum atomic E-state index is 11.0. The quantitative estimate of drug-likeness (QED) is 0.829. The van der Waals surface area contributed by atoms with Crippen LogP contribution in [-0.4, -0.2) is 36.9 Å². The lowest BCUT2D eigenvalue weighted by atomic mass is 10.2. The molecule has 0 spiro atoms. The Morgan fingerprint density at radius 2 is 2.06 bits per heavy atom. The molecule has 1 heterocycles. The van der Waals surface area contributed by atoms with E-state index in [1.54, 1.807) is 6.20 Å². The van der Waals surface area contributed by atoms with Crippen LogP contribution in [0.4, 0.5) is 5.95 Å². The molecule has 0 radical (unpaired) electrons. The zero-order chi connectivity index (χ0) is 13.0. The summed E-state index contributed by atoms with van der Waals surface area (Å²) in [6, 6.07) is 7.72. The lowest BCUT2D eigenvalue weighted by Gasteiger charge is -2.04. The summed E-state index contributed by atoms with van der Waals surface area (Å²) in [6.07, 6.45) is 3.54. The number of nitrogens with one attached hydrogen (secondary N) is 1. The first-order chi connectivity index (χ1) is 8.54. The van der Waals surface area contributed by atoms with Crippen molar-refractivity contribution < 1.29 is 8.42 Å². The maximum absolute atomic E-state index is 11.0. The van der Waals surface area contributed by atoms with E-state index < -0.39 is 9.84 Å². The predicted octanol–water partition coefficient (Wildman–Crippen LogP) is 1.48. The molecular formula is C12H15N3O2S. The SMILES string of the molecule is CS(=O)(=O)CCCNc1ncc2ccccc2n1.